The molecule has 0 unspecified atom stereocenters. The largest absolute Gasteiger partial charge is 0.0725 e. The number of hydrogen-bond acceptors (Lipinski definition) is 0. The summed E-state index contributed by atoms with van der Waals surface area (Å²) in [5.41, 5.74) is 17.9. The van der Waals surface area contributed by atoms with Crippen LogP contribution in [-0.2, 0) is 5.41 Å². The van der Waals surface area contributed by atoms with E-state index in [1.165, 1.54) is 132 Å². The second-order valence-electron chi connectivity index (χ2n) is 17.5. The summed E-state index contributed by atoms with van der Waals surface area (Å²) in [5.74, 6) is 0. The van der Waals surface area contributed by atoms with E-state index in [2.05, 4.69) is 231 Å². The molecule has 0 amide bonds. The molecule has 0 N–H and O–H groups in total. The highest BCUT2D eigenvalue weighted by molar-refractivity contribution is 6.22. The molecule has 63 heavy (non-hydrogen) atoms. The molecule has 0 atom stereocenters. The molecule has 0 saturated carbocycles. The molecular weight excluding hydrogens is 757 g/mol. The second-order valence-corrected chi connectivity index (χ2v) is 17.5. The van der Waals surface area contributed by atoms with Crippen LogP contribution in [0.2, 0.25) is 0 Å². The Morgan fingerprint density at radius 1 is 0.206 bits per heavy atom. The topological polar surface area (TPSA) is 0 Å². The zero-order valence-corrected chi connectivity index (χ0v) is 34.4. The van der Waals surface area contributed by atoms with Gasteiger partial charge in [-0.2, -0.15) is 0 Å². The molecule has 0 fully saturated rings. The molecule has 0 saturated heterocycles. The highest BCUT2D eigenvalue weighted by Crippen LogP contribution is 2.63. The minimum absolute atomic E-state index is 0.423. The van der Waals surface area contributed by atoms with E-state index < -0.39 is 5.41 Å². The Hall–Kier alpha value is -8.06. The fourth-order valence-corrected chi connectivity index (χ4v) is 11.8. The summed E-state index contributed by atoms with van der Waals surface area (Å²) in [6.07, 6.45) is 0. The Bertz CT molecular complexity index is 3810. The first-order chi connectivity index (χ1) is 31.2. The van der Waals surface area contributed by atoms with Gasteiger partial charge in [-0.3, -0.25) is 0 Å². The summed E-state index contributed by atoms with van der Waals surface area (Å²) >= 11 is 0. The van der Waals surface area contributed by atoms with Crippen LogP contribution in [0, 0.1) is 0 Å². The van der Waals surface area contributed by atoms with Crippen LogP contribution in [0.4, 0.5) is 0 Å². The lowest BCUT2D eigenvalue weighted by molar-refractivity contribution is 0.796. The summed E-state index contributed by atoms with van der Waals surface area (Å²) in [6.45, 7) is 0. The van der Waals surface area contributed by atoms with Crippen LogP contribution in [0.15, 0.2) is 231 Å². The highest BCUT2D eigenvalue weighted by atomic mass is 14.5. The van der Waals surface area contributed by atoms with Crippen molar-refractivity contribution < 1.29 is 0 Å². The van der Waals surface area contributed by atoms with Crippen LogP contribution in [0.25, 0.3) is 109 Å². The Balaban J connectivity index is 1.01. The molecule has 2 aliphatic rings. The standard InChI is InChI=1S/C63H38/c1-2-17-41-37-59-55(35-40(41)16-1)56-36-42-31-32-45(34-46(42)38-60(56)63(59)57-29-11-9-22-49(57)50-23-10-12-30-58(50)63)62-53-26-7-5-24-51(53)61(52-25-6-8-27-54(52)62)44-20-13-19-43(33-44)48-28-14-18-39-15-3-4-21-47(39)48/h1-38H. The lowest BCUT2D eigenvalue weighted by Gasteiger charge is -2.30. The van der Waals surface area contributed by atoms with Crippen molar-refractivity contribution in [2.45, 2.75) is 5.41 Å². The number of benzene rings is 12. The van der Waals surface area contributed by atoms with Crippen molar-refractivity contribution in [2.75, 3.05) is 0 Å². The fraction of sp³-hybridized carbons (Fsp3) is 0.0159. The molecule has 0 radical (unpaired) electrons. The van der Waals surface area contributed by atoms with E-state index >= 15 is 0 Å². The zero-order chi connectivity index (χ0) is 41.2. The smallest absolute Gasteiger partial charge is 0.0619 e. The third kappa shape index (κ3) is 4.75. The maximum atomic E-state index is 2.54. The summed E-state index contributed by atoms with van der Waals surface area (Å²) in [4.78, 5) is 0. The first-order valence-electron chi connectivity index (χ1n) is 22.1. The van der Waals surface area contributed by atoms with Gasteiger partial charge in [-0.15, -0.1) is 0 Å². The summed E-state index contributed by atoms with van der Waals surface area (Å²) < 4.78 is 0. The molecular formula is C63H38. The minimum atomic E-state index is -0.423. The van der Waals surface area contributed by atoms with Gasteiger partial charge in [0.15, 0.2) is 0 Å². The van der Waals surface area contributed by atoms with Crippen LogP contribution >= 0.6 is 0 Å². The predicted molar refractivity (Wildman–Crippen MR) is 267 cm³/mol. The van der Waals surface area contributed by atoms with Crippen molar-refractivity contribution in [3.8, 4) is 55.6 Å². The Kier molecular flexibility index (Phi) is 7.13. The summed E-state index contributed by atoms with van der Waals surface area (Å²) in [6, 6.07) is 86.8. The quantitative estimate of drug-likeness (QED) is 0.156. The normalized spacial score (nSPS) is 13.2. The first-order valence-corrected chi connectivity index (χ1v) is 22.1. The van der Waals surface area contributed by atoms with Gasteiger partial charge < -0.3 is 0 Å². The van der Waals surface area contributed by atoms with Crippen molar-refractivity contribution in [1.29, 1.82) is 0 Å². The van der Waals surface area contributed by atoms with Gasteiger partial charge in [0.05, 0.1) is 5.41 Å². The average Bonchev–Trinajstić information content (AvgIpc) is 3.80. The molecule has 0 heteroatoms. The van der Waals surface area contributed by atoms with E-state index in [1.807, 2.05) is 0 Å². The van der Waals surface area contributed by atoms with Gasteiger partial charge in [0.1, 0.15) is 0 Å². The van der Waals surface area contributed by atoms with Crippen LogP contribution in [0.1, 0.15) is 22.3 Å². The molecule has 0 nitrogen and oxygen atoms in total. The van der Waals surface area contributed by atoms with Crippen molar-refractivity contribution in [2.24, 2.45) is 0 Å². The van der Waals surface area contributed by atoms with Gasteiger partial charge in [0, 0.05) is 0 Å². The lowest BCUT2D eigenvalue weighted by atomic mass is 9.70. The molecule has 0 heterocycles. The van der Waals surface area contributed by atoms with Gasteiger partial charge in [-0.05, 0) is 168 Å². The lowest BCUT2D eigenvalue weighted by Crippen LogP contribution is -2.25. The van der Waals surface area contributed by atoms with Gasteiger partial charge >= 0.3 is 0 Å². The predicted octanol–water partition coefficient (Wildman–Crippen LogP) is 16.8. The highest BCUT2D eigenvalue weighted by Gasteiger charge is 2.51. The van der Waals surface area contributed by atoms with Crippen molar-refractivity contribution >= 4 is 53.9 Å². The third-order valence-electron chi connectivity index (χ3n) is 14.4. The molecule has 0 aliphatic heterocycles. The molecule has 12 aromatic carbocycles. The zero-order valence-electron chi connectivity index (χ0n) is 34.4. The van der Waals surface area contributed by atoms with Crippen molar-refractivity contribution in [3.05, 3.63) is 253 Å². The minimum Gasteiger partial charge on any atom is -0.0619 e. The van der Waals surface area contributed by atoms with E-state index in [1.54, 1.807) is 0 Å². The molecule has 2 aliphatic carbocycles. The third-order valence-corrected chi connectivity index (χ3v) is 14.4. The van der Waals surface area contributed by atoms with Crippen LogP contribution in [0.5, 0.6) is 0 Å². The molecule has 290 valence electrons. The number of rotatable bonds is 3. The van der Waals surface area contributed by atoms with Gasteiger partial charge in [-0.1, -0.05) is 194 Å². The molecule has 0 bridgehead atoms. The monoisotopic (exact) mass is 794 g/mol. The maximum Gasteiger partial charge on any atom is 0.0725 e. The van der Waals surface area contributed by atoms with Crippen molar-refractivity contribution in [3.63, 3.8) is 0 Å². The molecule has 0 aromatic heterocycles. The van der Waals surface area contributed by atoms with E-state index in [4.69, 9.17) is 0 Å². The molecule has 1 spiro atoms. The van der Waals surface area contributed by atoms with Crippen LogP contribution in [0.3, 0.4) is 0 Å². The number of hydrogen-bond donors (Lipinski definition) is 0. The van der Waals surface area contributed by atoms with Crippen molar-refractivity contribution in [1.82, 2.24) is 0 Å². The first kappa shape index (κ1) is 34.6. The van der Waals surface area contributed by atoms with E-state index in [0.29, 0.717) is 0 Å². The van der Waals surface area contributed by atoms with E-state index in [-0.39, 0.29) is 0 Å². The number of fused-ring (bicyclic) bond motifs is 15. The maximum absolute atomic E-state index is 2.54. The van der Waals surface area contributed by atoms with Crippen LogP contribution in [-0.4, -0.2) is 0 Å². The SMILES string of the molecule is c1cc(-c2cccc3ccccc23)cc(-c2c3ccccc3c(-c3ccc4cc5c(cc4c3)C3(c4ccccc4-c4ccccc43)c3cc4ccccc4cc3-5)c3ccccc23)c1. The van der Waals surface area contributed by atoms with E-state index in [0.717, 1.165) is 0 Å². The van der Waals surface area contributed by atoms with Gasteiger partial charge in [-0.25, -0.2) is 0 Å². The fourth-order valence-electron chi connectivity index (χ4n) is 11.8. The Labute approximate surface area is 366 Å². The Morgan fingerprint density at radius 3 is 1.27 bits per heavy atom. The van der Waals surface area contributed by atoms with Crippen LogP contribution < -0.4 is 0 Å². The van der Waals surface area contributed by atoms with Gasteiger partial charge in [0.2, 0.25) is 0 Å². The second kappa shape index (κ2) is 13.0. The Morgan fingerprint density at radius 2 is 0.635 bits per heavy atom. The summed E-state index contributed by atoms with van der Waals surface area (Å²) in [5, 5.41) is 12.6. The average molecular weight is 795 g/mol. The van der Waals surface area contributed by atoms with Gasteiger partial charge in [0.25, 0.3) is 0 Å². The summed E-state index contributed by atoms with van der Waals surface area (Å²) in [7, 11) is 0. The molecule has 12 aromatic rings. The van der Waals surface area contributed by atoms with E-state index in [9.17, 15) is 0 Å². The molecule has 14 rings (SSSR count).